The fourth-order valence-electron chi connectivity index (χ4n) is 2.58. The van der Waals surface area contributed by atoms with E-state index in [-0.39, 0.29) is 0 Å². The number of rotatable bonds is 2. The van der Waals surface area contributed by atoms with Gasteiger partial charge in [-0.2, -0.15) is 0 Å². The molecule has 1 aliphatic heterocycles. The van der Waals surface area contributed by atoms with Gasteiger partial charge in [-0.3, -0.25) is 4.79 Å². The molecular formula is C12H22N2O. The molecule has 0 spiro atoms. The zero-order chi connectivity index (χ0) is 11.0. The van der Waals surface area contributed by atoms with Gasteiger partial charge < -0.3 is 10.6 Å². The van der Waals surface area contributed by atoms with Crippen molar-refractivity contribution in [3.8, 4) is 0 Å². The molecule has 0 aromatic heterocycles. The van der Waals surface area contributed by atoms with Gasteiger partial charge >= 0.3 is 0 Å². The Labute approximate surface area is 92.0 Å². The Balaban J connectivity index is 1.91. The topological polar surface area (TPSA) is 46.3 Å². The highest BCUT2D eigenvalue weighted by Crippen LogP contribution is 2.39. The van der Waals surface area contributed by atoms with Crippen molar-refractivity contribution in [1.82, 2.24) is 4.90 Å². The van der Waals surface area contributed by atoms with Crippen LogP contribution in [0.15, 0.2) is 0 Å². The second-order valence-corrected chi connectivity index (χ2v) is 5.22. The molecule has 1 saturated carbocycles. The third kappa shape index (κ3) is 2.17. The summed E-state index contributed by atoms with van der Waals surface area (Å²) in [6, 6.07) is 0.302. The molecule has 1 saturated heterocycles. The molecule has 1 aliphatic carbocycles. The van der Waals surface area contributed by atoms with Crippen LogP contribution in [-0.4, -0.2) is 29.9 Å². The van der Waals surface area contributed by atoms with E-state index < -0.39 is 0 Å². The third-order valence-corrected chi connectivity index (χ3v) is 4.06. The fourth-order valence-corrected chi connectivity index (χ4v) is 2.58. The van der Waals surface area contributed by atoms with Crippen LogP contribution < -0.4 is 5.73 Å². The van der Waals surface area contributed by atoms with Crippen LogP contribution in [0.3, 0.4) is 0 Å². The first-order valence-corrected chi connectivity index (χ1v) is 6.17. The molecule has 86 valence electrons. The summed E-state index contributed by atoms with van der Waals surface area (Å²) >= 11 is 0. The van der Waals surface area contributed by atoms with E-state index >= 15 is 0 Å². The van der Waals surface area contributed by atoms with Crippen LogP contribution in [0.25, 0.3) is 0 Å². The summed E-state index contributed by atoms with van der Waals surface area (Å²) in [4.78, 5) is 14.1. The lowest BCUT2D eigenvalue weighted by atomic mass is 9.90. The first-order valence-electron chi connectivity index (χ1n) is 6.17. The number of hydrogen-bond acceptors (Lipinski definition) is 2. The third-order valence-electron chi connectivity index (χ3n) is 4.06. The molecule has 3 nitrogen and oxygen atoms in total. The maximum absolute atomic E-state index is 12.0. The smallest absolute Gasteiger partial charge is 0.225 e. The zero-order valence-corrected chi connectivity index (χ0v) is 9.78. The highest BCUT2D eigenvalue weighted by Gasteiger charge is 2.42. The second-order valence-electron chi connectivity index (χ2n) is 5.22. The summed E-state index contributed by atoms with van der Waals surface area (Å²) in [6.45, 7) is 6.09. The Morgan fingerprint density at radius 3 is 2.73 bits per heavy atom. The van der Waals surface area contributed by atoms with E-state index in [0.29, 0.717) is 29.7 Å². The Hall–Kier alpha value is -0.570. The Morgan fingerprint density at radius 2 is 2.20 bits per heavy atom. The molecule has 2 rings (SSSR count). The Morgan fingerprint density at radius 1 is 1.53 bits per heavy atom. The standard InChI is InChI=1S/C12H22N2O/c1-3-9-7-14(5-4-11(9)13)12(15)10-6-8(10)2/h8-11H,3-7,13H2,1-2H3. The monoisotopic (exact) mass is 210 g/mol. The molecule has 0 bridgehead atoms. The minimum absolute atomic E-state index is 0.302. The molecule has 1 amide bonds. The molecular weight excluding hydrogens is 188 g/mol. The number of nitrogens with two attached hydrogens (primary N) is 1. The van der Waals surface area contributed by atoms with Crippen LogP contribution in [-0.2, 0) is 4.79 Å². The lowest BCUT2D eigenvalue weighted by Gasteiger charge is -2.36. The van der Waals surface area contributed by atoms with E-state index in [1.807, 2.05) is 4.90 Å². The van der Waals surface area contributed by atoms with Gasteiger partial charge in [0, 0.05) is 25.0 Å². The van der Waals surface area contributed by atoms with Gasteiger partial charge in [0.25, 0.3) is 0 Å². The lowest BCUT2D eigenvalue weighted by molar-refractivity contribution is -0.134. The van der Waals surface area contributed by atoms with E-state index in [1.54, 1.807) is 0 Å². The van der Waals surface area contributed by atoms with Crippen molar-refractivity contribution in [1.29, 1.82) is 0 Å². The maximum atomic E-state index is 12.0. The quantitative estimate of drug-likeness (QED) is 0.745. The molecule has 0 aromatic carbocycles. The summed E-state index contributed by atoms with van der Waals surface area (Å²) in [7, 11) is 0. The number of piperidine rings is 1. The molecule has 2 fully saturated rings. The van der Waals surface area contributed by atoms with Crippen LogP contribution >= 0.6 is 0 Å². The van der Waals surface area contributed by atoms with Crippen LogP contribution in [0.5, 0.6) is 0 Å². The number of carbonyl (C=O) groups is 1. The van der Waals surface area contributed by atoms with Gasteiger partial charge in [0.05, 0.1) is 0 Å². The summed E-state index contributed by atoms with van der Waals surface area (Å²) in [5, 5.41) is 0. The predicted molar refractivity (Wildman–Crippen MR) is 60.2 cm³/mol. The SMILES string of the molecule is CCC1CN(C(=O)C2CC2C)CCC1N. The summed E-state index contributed by atoms with van der Waals surface area (Å²) in [5.74, 6) is 1.84. The van der Waals surface area contributed by atoms with Crippen molar-refractivity contribution < 1.29 is 4.79 Å². The minimum atomic E-state index is 0.302. The van der Waals surface area contributed by atoms with Crippen LogP contribution in [0.4, 0.5) is 0 Å². The molecule has 2 aliphatic rings. The number of amides is 1. The van der Waals surface area contributed by atoms with Gasteiger partial charge in [0.15, 0.2) is 0 Å². The Bertz CT molecular complexity index is 254. The van der Waals surface area contributed by atoms with Gasteiger partial charge in [-0.05, 0) is 24.7 Å². The van der Waals surface area contributed by atoms with Crippen molar-refractivity contribution in [2.24, 2.45) is 23.5 Å². The molecule has 4 atom stereocenters. The average Bonchev–Trinajstić information content (AvgIpc) is 2.95. The number of nitrogens with zero attached hydrogens (tertiary/aromatic N) is 1. The molecule has 4 unspecified atom stereocenters. The van der Waals surface area contributed by atoms with Crippen molar-refractivity contribution >= 4 is 5.91 Å². The maximum Gasteiger partial charge on any atom is 0.225 e. The second kappa shape index (κ2) is 4.12. The largest absolute Gasteiger partial charge is 0.342 e. The molecule has 0 radical (unpaired) electrons. The van der Waals surface area contributed by atoms with Gasteiger partial charge in [-0.15, -0.1) is 0 Å². The molecule has 1 heterocycles. The fraction of sp³-hybridized carbons (Fsp3) is 0.917. The molecule has 3 heteroatoms. The van der Waals surface area contributed by atoms with Crippen LogP contribution in [0.1, 0.15) is 33.1 Å². The van der Waals surface area contributed by atoms with Gasteiger partial charge in [-0.25, -0.2) is 0 Å². The average molecular weight is 210 g/mol. The van der Waals surface area contributed by atoms with E-state index in [2.05, 4.69) is 13.8 Å². The normalized spacial score (nSPS) is 40.3. The van der Waals surface area contributed by atoms with Crippen molar-refractivity contribution in [3.05, 3.63) is 0 Å². The van der Waals surface area contributed by atoms with E-state index in [0.717, 1.165) is 32.4 Å². The van der Waals surface area contributed by atoms with Gasteiger partial charge in [0.2, 0.25) is 5.91 Å². The van der Waals surface area contributed by atoms with Crippen LogP contribution in [0, 0.1) is 17.8 Å². The lowest BCUT2D eigenvalue weighted by Crippen LogP contribution is -2.49. The number of hydrogen-bond donors (Lipinski definition) is 1. The number of carbonyl (C=O) groups excluding carboxylic acids is 1. The van der Waals surface area contributed by atoms with Gasteiger partial charge in [0.1, 0.15) is 0 Å². The summed E-state index contributed by atoms with van der Waals surface area (Å²) in [6.07, 6.45) is 3.16. The zero-order valence-electron chi connectivity index (χ0n) is 9.78. The molecule has 0 aromatic rings. The molecule has 15 heavy (non-hydrogen) atoms. The minimum Gasteiger partial charge on any atom is -0.342 e. The Kier molecular flexibility index (Phi) is 3.01. The first kappa shape index (κ1) is 10.9. The summed E-state index contributed by atoms with van der Waals surface area (Å²) < 4.78 is 0. The van der Waals surface area contributed by atoms with Crippen LogP contribution in [0.2, 0.25) is 0 Å². The summed E-state index contributed by atoms with van der Waals surface area (Å²) in [5.41, 5.74) is 6.03. The highest BCUT2D eigenvalue weighted by molar-refractivity contribution is 5.81. The highest BCUT2D eigenvalue weighted by atomic mass is 16.2. The van der Waals surface area contributed by atoms with Crippen molar-refractivity contribution in [2.75, 3.05) is 13.1 Å². The number of likely N-dealkylation sites (tertiary alicyclic amines) is 1. The predicted octanol–water partition coefficient (Wildman–Crippen LogP) is 1.23. The first-order chi connectivity index (χ1) is 7.13. The van der Waals surface area contributed by atoms with E-state index in [1.165, 1.54) is 0 Å². The van der Waals surface area contributed by atoms with E-state index in [9.17, 15) is 4.79 Å². The molecule has 2 N–H and O–H groups in total. The van der Waals surface area contributed by atoms with Crippen molar-refractivity contribution in [3.63, 3.8) is 0 Å². The van der Waals surface area contributed by atoms with Gasteiger partial charge in [-0.1, -0.05) is 20.3 Å². The van der Waals surface area contributed by atoms with E-state index in [4.69, 9.17) is 5.73 Å². The van der Waals surface area contributed by atoms with Crippen molar-refractivity contribution in [2.45, 2.75) is 39.2 Å².